The Morgan fingerprint density at radius 1 is 1.31 bits per heavy atom. The molecule has 0 amide bonds. The summed E-state index contributed by atoms with van der Waals surface area (Å²) in [6.45, 7) is 3.30. The summed E-state index contributed by atoms with van der Waals surface area (Å²) >= 11 is 1.54. The molecule has 2 fully saturated rings. The minimum absolute atomic E-state index is 0.306. The highest BCUT2D eigenvalue weighted by atomic mass is 32.1. The van der Waals surface area contributed by atoms with Crippen LogP contribution in [0.15, 0.2) is 6.20 Å². The number of nitrogens with two attached hydrogens (primary N) is 1. The van der Waals surface area contributed by atoms with E-state index in [-0.39, 0.29) is 5.79 Å². The maximum atomic E-state index is 5.68. The maximum absolute atomic E-state index is 5.68. The molecule has 2 aliphatic heterocycles. The zero-order valence-corrected chi connectivity index (χ0v) is 9.83. The molecule has 3 heterocycles. The Balaban J connectivity index is 1.66. The number of ether oxygens (including phenoxy) is 2. The van der Waals surface area contributed by atoms with E-state index in [0.717, 1.165) is 49.3 Å². The fraction of sp³-hybridized carbons (Fsp3) is 0.700. The molecule has 0 unspecified atom stereocenters. The summed E-state index contributed by atoms with van der Waals surface area (Å²) in [7, 11) is 0. The molecule has 0 aliphatic carbocycles. The maximum Gasteiger partial charge on any atom is 0.187 e. The average molecular weight is 241 g/mol. The molecule has 16 heavy (non-hydrogen) atoms. The third-order valence-corrected chi connectivity index (χ3v) is 4.01. The first kappa shape index (κ1) is 10.3. The zero-order chi connectivity index (χ0) is 11.0. The summed E-state index contributed by atoms with van der Waals surface area (Å²) in [5.41, 5.74) is 5.68. The van der Waals surface area contributed by atoms with E-state index < -0.39 is 0 Å². The van der Waals surface area contributed by atoms with Crippen LogP contribution in [0.25, 0.3) is 0 Å². The molecule has 5 nitrogen and oxygen atoms in total. The third kappa shape index (κ3) is 1.77. The first-order valence-electron chi connectivity index (χ1n) is 5.52. The van der Waals surface area contributed by atoms with Crippen molar-refractivity contribution in [2.75, 3.05) is 36.9 Å². The van der Waals surface area contributed by atoms with Gasteiger partial charge in [-0.05, 0) is 0 Å². The van der Waals surface area contributed by atoms with Crippen LogP contribution in [0.1, 0.15) is 12.8 Å². The molecule has 0 saturated carbocycles. The molecule has 6 heteroatoms. The van der Waals surface area contributed by atoms with Gasteiger partial charge in [0, 0.05) is 25.9 Å². The van der Waals surface area contributed by atoms with Crippen molar-refractivity contribution >= 4 is 21.5 Å². The van der Waals surface area contributed by atoms with Crippen LogP contribution in [0, 0.1) is 0 Å². The summed E-state index contributed by atoms with van der Waals surface area (Å²) in [4.78, 5) is 6.54. The highest BCUT2D eigenvalue weighted by molar-refractivity contribution is 7.19. The van der Waals surface area contributed by atoms with Crippen molar-refractivity contribution in [1.82, 2.24) is 4.98 Å². The smallest absolute Gasteiger partial charge is 0.187 e. The monoisotopic (exact) mass is 241 g/mol. The van der Waals surface area contributed by atoms with Gasteiger partial charge in [0.2, 0.25) is 0 Å². The quantitative estimate of drug-likeness (QED) is 0.797. The summed E-state index contributed by atoms with van der Waals surface area (Å²) in [6, 6.07) is 0. The van der Waals surface area contributed by atoms with E-state index in [9.17, 15) is 0 Å². The van der Waals surface area contributed by atoms with Crippen LogP contribution in [-0.4, -0.2) is 37.1 Å². The molecule has 2 aliphatic rings. The van der Waals surface area contributed by atoms with Gasteiger partial charge in [0.15, 0.2) is 10.9 Å². The molecule has 0 aromatic carbocycles. The standard InChI is InChI=1S/C10H15N3O2S/c11-8-7-12-9(16-8)13-3-1-10(2-4-13)14-5-6-15-10/h7H,1-6,11H2. The molecule has 2 saturated heterocycles. The Bertz CT molecular complexity index is 366. The van der Waals surface area contributed by atoms with Gasteiger partial charge in [0.1, 0.15) is 5.00 Å². The van der Waals surface area contributed by atoms with Crippen molar-refractivity contribution in [3.63, 3.8) is 0 Å². The highest BCUT2D eigenvalue weighted by Gasteiger charge is 2.40. The lowest BCUT2D eigenvalue weighted by Gasteiger charge is -2.37. The van der Waals surface area contributed by atoms with Gasteiger partial charge in [-0.25, -0.2) is 4.98 Å². The van der Waals surface area contributed by atoms with Gasteiger partial charge in [-0.15, -0.1) is 0 Å². The Morgan fingerprint density at radius 2 is 2.00 bits per heavy atom. The Labute approximate surface area is 98.2 Å². The normalized spacial score (nSPS) is 24.1. The van der Waals surface area contributed by atoms with Crippen LogP contribution in [0.3, 0.4) is 0 Å². The lowest BCUT2D eigenvalue weighted by atomic mass is 10.0. The predicted molar refractivity (Wildman–Crippen MR) is 62.6 cm³/mol. The van der Waals surface area contributed by atoms with Crippen molar-refractivity contribution in [3.8, 4) is 0 Å². The fourth-order valence-corrected chi connectivity index (χ4v) is 2.98. The first-order valence-corrected chi connectivity index (χ1v) is 6.33. The molecule has 0 atom stereocenters. The minimum atomic E-state index is -0.306. The molecule has 88 valence electrons. The SMILES string of the molecule is Nc1cnc(N2CCC3(CC2)OCCO3)s1. The summed E-state index contributed by atoms with van der Waals surface area (Å²) in [6.07, 6.45) is 3.53. The Hall–Kier alpha value is -0.850. The number of hydrogen-bond donors (Lipinski definition) is 1. The lowest BCUT2D eigenvalue weighted by molar-refractivity contribution is -0.169. The van der Waals surface area contributed by atoms with E-state index in [4.69, 9.17) is 15.2 Å². The number of aromatic nitrogens is 1. The van der Waals surface area contributed by atoms with E-state index in [0.29, 0.717) is 0 Å². The van der Waals surface area contributed by atoms with Gasteiger partial charge in [-0.3, -0.25) is 0 Å². The first-order chi connectivity index (χ1) is 7.77. The number of thiazole rings is 1. The largest absolute Gasteiger partial charge is 0.389 e. The molecule has 1 aromatic heterocycles. The van der Waals surface area contributed by atoms with E-state index >= 15 is 0 Å². The van der Waals surface area contributed by atoms with Gasteiger partial charge in [-0.2, -0.15) is 0 Å². The van der Waals surface area contributed by atoms with Crippen LogP contribution in [-0.2, 0) is 9.47 Å². The van der Waals surface area contributed by atoms with Gasteiger partial charge < -0.3 is 20.1 Å². The number of anilines is 2. The van der Waals surface area contributed by atoms with Crippen LogP contribution in [0.5, 0.6) is 0 Å². The third-order valence-electron chi connectivity index (χ3n) is 3.12. The van der Waals surface area contributed by atoms with Crippen LogP contribution in [0.4, 0.5) is 10.1 Å². The van der Waals surface area contributed by atoms with Crippen LogP contribution < -0.4 is 10.6 Å². The van der Waals surface area contributed by atoms with Crippen LogP contribution >= 0.6 is 11.3 Å². The van der Waals surface area contributed by atoms with E-state index in [1.54, 1.807) is 6.20 Å². The topological polar surface area (TPSA) is 60.6 Å². The molecular formula is C10H15N3O2S. The second kappa shape index (κ2) is 3.87. The Morgan fingerprint density at radius 3 is 2.56 bits per heavy atom. The predicted octanol–water partition coefficient (Wildman–Crippen LogP) is 1.07. The van der Waals surface area contributed by atoms with Crippen molar-refractivity contribution in [1.29, 1.82) is 0 Å². The second-order valence-electron chi connectivity index (χ2n) is 4.14. The molecule has 1 spiro atoms. The van der Waals surface area contributed by atoms with Gasteiger partial charge in [-0.1, -0.05) is 11.3 Å². The van der Waals surface area contributed by atoms with E-state index in [1.165, 1.54) is 11.3 Å². The number of rotatable bonds is 1. The van der Waals surface area contributed by atoms with E-state index in [2.05, 4.69) is 9.88 Å². The number of nitrogen functional groups attached to an aromatic ring is 1. The molecule has 0 bridgehead atoms. The number of hydrogen-bond acceptors (Lipinski definition) is 6. The summed E-state index contributed by atoms with van der Waals surface area (Å²) in [5, 5.41) is 1.77. The van der Waals surface area contributed by atoms with Gasteiger partial charge in [0.25, 0.3) is 0 Å². The van der Waals surface area contributed by atoms with Crippen molar-refractivity contribution in [2.24, 2.45) is 0 Å². The van der Waals surface area contributed by atoms with Gasteiger partial charge in [0.05, 0.1) is 19.4 Å². The fourth-order valence-electron chi connectivity index (χ4n) is 2.25. The van der Waals surface area contributed by atoms with Crippen LogP contribution in [0.2, 0.25) is 0 Å². The molecule has 0 radical (unpaired) electrons. The molecule has 1 aromatic rings. The van der Waals surface area contributed by atoms with Crippen molar-refractivity contribution < 1.29 is 9.47 Å². The number of nitrogens with zero attached hydrogens (tertiary/aromatic N) is 2. The van der Waals surface area contributed by atoms with Crippen molar-refractivity contribution in [2.45, 2.75) is 18.6 Å². The molecule has 3 rings (SSSR count). The van der Waals surface area contributed by atoms with Gasteiger partial charge >= 0.3 is 0 Å². The molecule has 2 N–H and O–H groups in total. The molecular weight excluding hydrogens is 226 g/mol. The number of piperidine rings is 1. The second-order valence-corrected chi connectivity index (χ2v) is 5.18. The highest BCUT2D eigenvalue weighted by Crippen LogP contribution is 2.34. The zero-order valence-electron chi connectivity index (χ0n) is 9.02. The Kier molecular flexibility index (Phi) is 2.49. The van der Waals surface area contributed by atoms with E-state index in [1.807, 2.05) is 0 Å². The van der Waals surface area contributed by atoms with Crippen molar-refractivity contribution in [3.05, 3.63) is 6.20 Å². The summed E-state index contributed by atoms with van der Waals surface area (Å²) in [5.74, 6) is -0.306. The average Bonchev–Trinajstić information content (AvgIpc) is 2.90. The summed E-state index contributed by atoms with van der Waals surface area (Å²) < 4.78 is 11.4. The minimum Gasteiger partial charge on any atom is -0.389 e. The lowest BCUT2D eigenvalue weighted by Crippen LogP contribution is -2.45.